The van der Waals surface area contributed by atoms with Crippen LogP contribution in [-0.2, 0) is 5.41 Å². The lowest BCUT2D eigenvalue weighted by Gasteiger charge is -2.35. The molecule has 0 fully saturated rings. The number of benzene rings is 13. The molecule has 0 saturated carbocycles. The standard InChI is InChI=1S/C71H51N3S/c1-71(2)64-28-16-22-48-21-15-27-59(70(48)64)58-38-34-52(43-65(58)71)69-61-40-37-57(74(54-25-7-4-8-26-54)72-66-29-13-14-30-67(66)75)45-63(61)68(51-32-31-46-17-9-11-19-49(46)41-51)60-39-36-56(44-62(60)69)73(53-23-5-3-6-24-53)55-35-33-47-18-10-12-20-50(47)42-55/h3-45,72,75H,1-2H3. The normalized spacial score (nSPS) is 12.6. The molecule has 0 amide bonds. The number of nitrogens with one attached hydrogen (secondary N) is 1. The Bertz CT molecular complexity index is 4390. The molecule has 1 aliphatic carbocycles. The lowest BCUT2D eigenvalue weighted by Crippen LogP contribution is -2.24. The Balaban J connectivity index is 1.09. The minimum absolute atomic E-state index is 0.264. The van der Waals surface area contributed by atoms with Gasteiger partial charge in [-0.2, -0.15) is 0 Å². The van der Waals surface area contributed by atoms with Crippen molar-refractivity contribution in [3.05, 3.63) is 272 Å². The molecule has 0 saturated heterocycles. The van der Waals surface area contributed by atoms with Crippen LogP contribution < -0.4 is 15.3 Å². The maximum atomic E-state index is 4.91. The molecule has 0 atom stereocenters. The van der Waals surface area contributed by atoms with E-state index in [-0.39, 0.29) is 5.41 Å². The van der Waals surface area contributed by atoms with E-state index in [0.29, 0.717) is 0 Å². The molecule has 14 rings (SSSR count). The van der Waals surface area contributed by atoms with E-state index >= 15 is 0 Å². The predicted molar refractivity (Wildman–Crippen MR) is 323 cm³/mol. The van der Waals surface area contributed by atoms with Crippen molar-refractivity contribution < 1.29 is 0 Å². The number of hydrogen-bond acceptors (Lipinski definition) is 4. The highest BCUT2D eigenvalue weighted by Gasteiger charge is 2.34. The van der Waals surface area contributed by atoms with Gasteiger partial charge in [-0.05, 0) is 183 Å². The van der Waals surface area contributed by atoms with Crippen molar-refractivity contribution in [3.63, 3.8) is 0 Å². The van der Waals surface area contributed by atoms with Crippen LogP contribution in [0.2, 0.25) is 0 Å². The van der Waals surface area contributed by atoms with Crippen LogP contribution in [0.3, 0.4) is 0 Å². The van der Waals surface area contributed by atoms with Gasteiger partial charge in [0.05, 0.1) is 17.1 Å². The summed E-state index contributed by atoms with van der Waals surface area (Å²) in [6.07, 6.45) is 0. The third kappa shape index (κ3) is 7.51. The summed E-state index contributed by atoms with van der Waals surface area (Å²) >= 11 is 4.91. The van der Waals surface area contributed by atoms with Crippen LogP contribution in [0, 0.1) is 0 Å². The van der Waals surface area contributed by atoms with Gasteiger partial charge in [-0.25, -0.2) is 0 Å². The van der Waals surface area contributed by atoms with Crippen molar-refractivity contribution >= 4 is 101 Å². The maximum Gasteiger partial charge on any atom is 0.0679 e. The molecule has 0 bridgehead atoms. The second kappa shape index (κ2) is 17.8. The number of nitrogens with zero attached hydrogens (tertiary/aromatic N) is 2. The van der Waals surface area contributed by atoms with Crippen LogP contribution in [-0.4, -0.2) is 0 Å². The highest BCUT2D eigenvalue weighted by atomic mass is 32.1. The monoisotopic (exact) mass is 977 g/mol. The van der Waals surface area contributed by atoms with Crippen LogP contribution in [0.5, 0.6) is 0 Å². The first-order valence-electron chi connectivity index (χ1n) is 25.8. The molecule has 0 heterocycles. The summed E-state index contributed by atoms with van der Waals surface area (Å²) in [5, 5.41) is 14.3. The van der Waals surface area contributed by atoms with E-state index in [1.54, 1.807) is 0 Å². The zero-order valence-corrected chi connectivity index (χ0v) is 42.6. The van der Waals surface area contributed by atoms with E-state index in [1.807, 2.05) is 18.2 Å². The van der Waals surface area contributed by atoms with Gasteiger partial charge in [0.2, 0.25) is 0 Å². The number of thiol groups is 1. The SMILES string of the molecule is CC1(C)c2cc(-c3c4ccc(N(Nc5ccccc5S)c5ccccc5)cc4c(-c4ccc5ccccc5c4)c4ccc(N(c5ccccc5)c5ccc6ccccc6c5)cc34)ccc2-c2cccc3cccc1c23. The Morgan fingerprint density at radius 3 is 1.60 bits per heavy atom. The summed E-state index contributed by atoms with van der Waals surface area (Å²) in [5.41, 5.74) is 19.7. The van der Waals surface area contributed by atoms with E-state index in [9.17, 15) is 0 Å². The van der Waals surface area contributed by atoms with Gasteiger partial charge in [0.25, 0.3) is 0 Å². The molecular formula is C71H51N3S. The lowest BCUT2D eigenvalue weighted by molar-refractivity contribution is 0.645. The summed E-state index contributed by atoms with van der Waals surface area (Å²) in [6.45, 7) is 4.80. The van der Waals surface area contributed by atoms with Crippen LogP contribution in [0.15, 0.2) is 266 Å². The molecule has 0 aromatic heterocycles. The highest BCUT2D eigenvalue weighted by molar-refractivity contribution is 7.80. The number of para-hydroxylation sites is 3. The molecule has 75 heavy (non-hydrogen) atoms. The minimum atomic E-state index is -0.264. The Labute approximate surface area is 443 Å². The van der Waals surface area contributed by atoms with Crippen molar-refractivity contribution in [1.29, 1.82) is 0 Å². The summed E-state index contributed by atoms with van der Waals surface area (Å²) in [6, 6.07) is 95.6. The fourth-order valence-corrected chi connectivity index (χ4v) is 12.2. The first-order valence-corrected chi connectivity index (χ1v) is 26.2. The molecule has 13 aromatic carbocycles. The fraction of sp³-hybridized carbons (Fsp3) is 0.0423. The Morgan fingerprint density at radius 1 is 0.347 bits per heavy atom. The molecule has 1 N–H and O–H groups in total. The van der Waals surface area contributed by atoms with Gasteiger partial charge in [-0.1, -0.05) is 190 Å². The van der Waals surface area contributed by atoms with E-state index in [2.05, 4.69) is 272 Å². The molecule has 4 heteroatoms. The average molecular weight is 978 g/mol. The highest BCUT2D eigenvalue weighted by Crippen LogP contribution is 2.53. The van der Waals surface area contributed by atoms with Crippen molar-refractivity contribution in [2.45, 2.75) is 24.2 Å². The molecule has 3 nitrogen and oxygen atoms in total. The van der Waals surface area contributed by atoms with Crippen molar-refractivity contribution in [1.82, 2.24) is 0 Å². The predicted octanol–water partition coefficient (Wildman–Crippen LogP) is 20.0. The van der Waals surface area contributed by atoms with Gasteiger partial charge in [0, 0.05) is 27.4 Å². The van der Waals surface area contributed by atoms with Gasteiger partial charge in [0.1, 0.15) is 0 Å². The van der Waals surface area contributed by atoms with Gasteiger partial charge < -0.3 is 4.90 Å². The van der Waals surface area contributed by atoms with E-state index in [1.165, 1.54) is 87.4 Å². The molecular weight excluding hydrogens is 927 g/mol. The molecule has 0 spiro atoms. The van der Waals surface area contributed by atoms with Crippen LogP contribution in [0.25, 0.3) is 87.2 Å². The van der Waals surface area contributed by atoms with Gasteiger partial charge in [0.15, 0.2) is 0 Å². The molecule has 0 aliphatic heterocycles. The summed E-state index contributed by atoms with van der Waals surface area (Å²) in [4.78, 5) is 3.28. The lowest BCUT2D eigenvalue weighted by atomic mass is 9.68. The molecule has 0 radical (unpaired) electrons. The average Bonchev–Trinajstić information content (AvgIpc) is 3.47. The quantitative estimate of drug-likeness (QED) is 0.0854. The Morgan fingerprint density at radius 2 is 0.880 bits per heavy atom. The van der Waals surface area contributed by atoms with Gasteiger partial charge in [-0.15, -0.1) is 12.6 Å². The topological polar surface area (TPSA) is 18.5 Å². The zero-order chi connectivity index (χ0) is 50.2. The second-order valence-corrected chi connectivity index (χ2v) is 20.9. The molecule has 1 aliphatic rings. The number of rotatable bonds is 9. The minimum Gasteiger partial charge on any atom is -0.310 e. The summed E-state index contributed by atoms with van der Waals surface area (Å²) in [7, 11) is 0. The number of anilines is 6. The first-order chi connectivity index (χ1) is 36.9. The van der Waals surface area contributed by atoms with Crippen molar-refractivity contribution in [3.8, 4) is 33.4 Å². The molecule has 0 unspecified atom stereocenters. The van der Waals surface area contributed by atoms with Gasteiger partial charge >= 0.3 is 0 Å². The third-order valence-corrected chi connectivity index (χ3v) is 16.0. The fourth-order valence-electron chi connectivity index (χ4n) is 12.0. The molecule has 356 valence electrons. The Hall–Kier alpha value is -9.09. The third-order valence-electron chi connectivity index (χ3n) is 15.6. The largest absolute Gasteiger partial charge is 0.310 e. The second-order valence-electron chi connectivity index (χ2n) is 20.4. The van der Waals surface area contributed by atoms with Crippen molar-refractivity contribution in [2.75, 3.05) is 15.3 Å². The van der Waals surface area contributed by atoms with E-state index in [0.717, 1.165) is 50.0 Å². The Kier molecular flexibility index (Phi) is 10.6. The molecule has 13 aromatic rings. The van der Waals surface area contributed by atoms with Crippen LogP contribution >= 0.6 is 12.6 Å². The van der Waals surface area contributed by atoms with Crippen LogP contribution in [0.1, 0.15) is 25.0 Å². The zero-order valence-electron chi connectivity index (χ0n) is 41.7. The summed E-state index contributed by atoms with van der Waals surface area (Å²) in [5.74, 6) is 0. The number of fused-ring (bicyclic) bond motifs is 6. The van der Waals surface area contributed by atoms with Crippen LogP contribution in [0.4, 0.5) is 34.1 Å². The van der Waals surface area contributed by atoms with Crippen molar-refractivity contribution in [2.24, 2.45) is 0 Å². The maximum absolute atomic E-state index is 4.91. The van der Waals surface area contributed by atoms with Gasteiger partial charge in [-0.3, -0.25) is 10.4 Å². The van der Waals surface area contributed by atoms with E-state index in [4.69, 9.17) is 12.6 Å². The summed E-state index contributed by atoms with van der Waals surface area (Å²) < 4.78 is 0. The smallest absolute Gasteiger partial charge is 0.0679 e. The first kappa shape index (κ1) is 44.6. The number of hydrazine groups is 1. The van der Waals surface area contributed by atoms with E-state index < -0.39 is 0 Å². The number of hydrogen-bond donors (Lipinski definition) is 2.